The average Bonchev–Trinajstić information content (AvgIpc) is 2.40. The van der Waals surface area contributed by atoms with Crippen LogP contribution in [0.2, 0.25) is 5.15 Å². The van der Waals surface area contributed by atoms with Gasteiger partial charge in [0.05, 0.1) is 0 Å². The van der Waals surface area contributed by atoms with Crippen LogP contribution in [0.15, 0.2) is 34.8 Å². The number of carbonyl (C=O) groups excluding carboxylic acids is 1. The Bertz CT molecular complexity index is 606. The van der Waals surface area contributed by atoms with Gasteiger partial charge in [-0.2, -0.15) is 0 Å². The predicted octanol–water partition coefficient (Wildman–Crippen LogP) is 2.96. The molecule has 0 aliphatic rings. The van der Waals surface area contributed by atoms with Gasteiger partial charge in [0.25, 0.3) is 5.91 Å². The van der Waals surface area contributed by atoms with Crippen LogP contribution >= 0.6 is 27.5 Å². The Kier molecular flexibility index (Phi) is 4.44. The lowest BCUT2D eigenvalue weighted by molar-refractivity contribution is 0.0944. The highest BCUT2D eigenvalue weighted by atomic mass is 79.9. The first-order valence-electron chi connectivity index (χ1n) is 5.27. The van der Waals surface area contributed by atoms with Gasteiger partial charge in [-0.3, -0.25) is 4.79 Å². The normalized spacial score (nSPS) is 10.3. The van der Waals surface area contributed by atoms with Crippen molar-refractivity contribution in [2.24, 2.45) is 0 Å². The SMILES string of the molecule is O=C(NCc1cc(Br)ccc1F)c1ccc(Cl)nn1. The highest BCUT2D eigenvalue weighted by Crippen LogP contribution is 2.15. The Balaban J connectivity index is 2.04. The van der Waals surface area contributed by atoms with Gasteiger partial charge >= 0.3 is 0 Å². The Morgan fingerprint density at radius 3 is 2.79 bits per heavy atom. The lowest BCUT2D eigenvalue weighted by atomic mass is 10.2. The van der Waals surface area contributed by atoms with Crippen molar-refractivity contribution in [1.82, 2.24) is 15.5 Å². The first-order valence-corrected chi connectivity index (χ1v) is 6.45. The van der Waals surface area contributed by atoms with Gasteiger partial charge < -0.3 is 5.32 Å². The smallest absolute Gasteiger partial charge is 0.272 e. The molecule has 0 atom stereocenters. The van der Waals surface area contributed by atoms with Crippen molar-refractivity contribution in [2.45, 2.75) is 6.54 Å². The third-order valence-electron chi connectivity index (χ3n) is 2.31. The zero-order valence-electron chi connectivity index (χ0n) is 9.53. The number of halogens is 3. The molecular formula is C12H8BrClFN3O. The van der Waals surface area contributed by atoms with E-state index in [1.54, 1.807) is 12.1 Å². The van der Waals surface area contributed by atoms with Gasteiger partial charge in [-0.05, 0) is 30.3 Å². The van der Waals surface area contributed by atoms with E-state index in [9.17, 15) is 9.18 Å². The van der Waals surface area contributed by atoms with E-state index in [0.717, 1.165) is 4.47 Å². The molecule has 1 aromatic heterocycles. The molecule has 0 unspecified atom stereocenters. The van der Waals surface area contributed by atoms with Crippen LogP contribution in [0.25, 0.3) is 0 Å². The van der Waals surface area contributed by atoms with E-state index in [1.165, 1.54) is 18.2 Å². The summed E-state index contributed by atoms with van der Waals surface area (Å²) in [4.78, 5) is 11.7. The fourth-order valence-corrected chi connectivity index (χ4v) is 1.89. The van der Waals surface area contributed by atoms with E-state index < -0.39 is 5.91 Å². The van der Waals surface area contributed by atoms with Gasteiger partial charge in [-0.15, -0.1) is 10.2 Å². The van der Waals surface area contributed by atoms with Crippen molar-refractivity contribution in [1.29, 1.82) is 0 Å². The predicted molar refractivity (Wildman–Crippen MR) is 72.3 cm³/mol. The topological polar surface area (TPSA) is 54.9 Å². The number of carbonyl (C=O) groups is 1. The maximum absolute atomic E-state index is 13.5. The van der Waals surface area contributed by atoms with Crippen molar-refractivity contribution in [3.63, 3.8) is 0 Å². The molecule has 0 bridgehead atoms. The number of benzene rings is 1. The Labute approximate surface area is 122 Å². The minimum atomic E-state index is -0.441. The van der Waals surface area contributed by atoms with Crippen LogP contribution in [-0.2, 0) is 6.54 Å². The molecule has 1 aromatic carbocycles. The summed E-state index contributed by atoms with van der Waals surface area (Å²) in [5, 5.41) is 9.95. The van der Waals surface area contributed by atoms with Crippen LogP contribution in [0, 0.1) is 5.82 Å². The van der Waals surface area contributed by atoms with Gasteiger partial charge in [0, 0.05) is 16.6 Å². The van der Waals surface area contributed by atoms with Gasteiger partial charge in [0.1, 0.15) is 5.82 Å². The zero-order valence-corrected chi connectivity index (χ0v) is 11.9. The first-order chi connectivity index (χ1) is 9.06. The fraction of sp³-hybridized carbons (Fsp3) is 0.0833. The lowest BCUT2D eigenvalue weighted by Gasteiger charge is -2.06. The second-order valence-corrected chi connectivity index (χ2v) is 4.96. The quantitative estimate of drug-likeness (QED) is 0.931. The molecule has 0 radical (unpaired) electrons. The van der Waals surface area contributed by atoms with Crippen molar-refractivity contribution < 1.29 is 9.18 Å². The monoisotopic (exact) mass is 343 g/mol. The number of nitrogens with zero attached hydrogens (tertiary/aromatic N) is 2. The van der Waals surface area contributed by atoms with Crippen LogP contribution in [0.5, 0.6) is 0 Å². The molecule has 2 rings (SSSR count). The summed E-state index contributed by atoms with van der Waals surface area (Å²) >= 11 is 8.81. The molecule has 7 heteroatoms. The van der Waals surface area contributed by atoms with Crippen molar-refractivity contribution in [3.8, 4) is 0 Å². The molecule has 19 heavy (non-hydrogen) atoms. The molecule has 2 aromatic rings. The van der Waals surface area contributed by atoms with Gasteiger partial charge in [0.15, 0.2) is 10.8 Å². The average molecular weight is 345 g/mol. The highest BCUT2D eigenvalue weighted by molar-refractivity contribution is 9.10. The summed E-state index contributed by atoms with van der Waals surface area (Å²) in [6.45, 7) is 0.0639. The number of hydrogen-bond acceptors (Lipinski definition) is 3. The number of amides is 1. The van der Waals surface area contributed by atoms with Crippen LogP contribution in [0.4, 0.5) is 4.39 Å². The Morgan fingerprint density at radius 1 is 1.32 bits per heavy atom. The van der Waals surface area contributed by atoms with E-state index in [0.29, 0.717) is 5.56 Å². The van der Waals surface area contributed by atoms with Gasteiger partial charge in [-0.1, -0.05) is 27.5 Å². The zero-order chi connectivity index (χ0) is 13.8. The molecule has 0 spiro atoms. The number of nitrogens with one attached hydrogen (secondary N) is 1. The molecule has 0 fully saturated rings. The molecule has 0 saturated heterocycles. The van der Waals surface area contributed by atoms with Crippen LogP contribution in [-0.4, -0.2) is 16.1 Å². The fourth-order valence-electron chi connectivity index (χ4n) is 1.38. The van der Waals surface area contributed by atoms with Gasteiger partial charge in [0.2, 0.25) is 0 Å². The number of aromatic nitrogens is 2. The summed E-state index contributed by atoms with van der Waals surface area (Å²) in [6.07, 6.45) is 0. The molecule has 0 aliphatic heterocycles. The van der Waals surface area contributed by atoms with E-state index >= 15 is 0 Å². The standard InChI is InChI=1S/C12H8BrClFN3O/c13-8-1-2-9(15)7(5-8)6-16-12(19)10-3-4-11(14)18-17-10/h1-5H,6H2,(H,16,19). The van der Waals surface area contributed by atoms with E-state index in [4.69, 9.17) is 11.6 Å². The maximum Gasteiger partial charge on any atom is 0.272 e. The largest absolute Gasteiger partial charge is 0.346 e. The molecule has 4 nitrogen and oxygen atoms in total. The number of rotatable bonds is 3. The molecule has 1 heterocycles. The highest BCUT2D eigenvalue weighted by Gasteiger charge is 2.09. The number of hydrogen-bond donors (Lipinski definition) is 1. The first kappa shape index (κ1) is 13.9. The summed E-state index contributed by atoms with van der Waals surface area (Å²) in [6, 6.07) is 7.42. The van der Waals surface area contributed by atoms with E-state index in [1.807, 2.05) is 0 Å². The van der Waals surface area contributed by atoms with Crippen molar-refractivity contribution >= 4 is 33.4 Å². The summed E-state index contributed by atoms with van der Waals surface area (Å²) in [5.41, 5.74) is 0.504. The molecule has 0 saturated carbocycles. The molecule has 1 N–H and O–H groups in total. The van der Waals surface area contributed by atoms with E-state index in [2.05, 4.69) is 31.4 Å². The maximum atomic E-state index is 13.5. The molecule has 0 aliphatic carbocycles. The summed E-state index contributed by atoms with van der Waals surface area (Å²) in [5.74, 6) is -0.825. The van der Waals surface area contributed by atoms with Crippen LogP contribution in [0.3, 0.4) is 0 Å². The van der Waals surface area contributed by atoms with E-state index in [-0.39, 0.29) is 23.2 Å². The molecule has 1 amide bonds. The minimum Gasteiger partial charge on any atom is -0.346 e. The lowest BCUT2D eigenvalue weighted by Crippen LogP contribution is -2.24. The molecule has 98 valence electrons. The van der Waals surface area contributed by atoms with Gasteiger partial charge in [-0.25, -0.2) is 4.39 Å². The third-order valence-corrected chi connectivity index (χ3v) is 3.01. The summed E-state index contributed by atoms with van der Waals surface area (Å²) < 4.78 is 14.2. The third kappa shape index (κ3) is 3.71. The van der Waals surface area contributed by atoms with Crippen LogP contribution in [0.1, 0.15) is 16.1 Å². The van der Waals surface area contributed by atoms with Crippen molar-refractivity contribution in [2.75, 3.05) is 0 Å². The minimum absolute atomic E-state index is 0.0639. The second-order valence-electron chi connectivity index (χ2n) is 3.66. The Hall–Kier alpha value is -1.53. The Morgan fingerprint density at radius 2 is 2.11 bits per heavy atom. The molecular weight excluding hydrogens is 337 g/mol. The summed E-state index contributed by atoms with van der Waals surface area (Å²) in [7, 11) is 0. The van der Waals surface area contributed by atoms with Crippen LogP contribution < -0.4 is 5.32 Å². The van der Waals surface area contributed by atoms with Crippen molar-refractivity contribution in [3.05, 3.63) is 57.0 Å². The second kappa shape index (κ2) is 6.08.